The van der Waals surface area contributed by atoms with Crippen LogP contribution in [0.4, 0.5) is 85.3 Å². The standard InChI is InChI=1S/C40H30N2.2C27H26N2/c1-27-17-19-31(20-18-27)42(30-11-4-3-5-12-30)32-23-21-29(22-24-32)41(2)38-26-25-36-34-14-7-10-28-9-6-13-33(39(28)34)35-15-8-16-37(38)40(35)36;1-21-12-14-25(15-13-21)29(24-9-5-4-6-10-24)26-18-16-23(17-19-26)28(3)27-11-7-8-22(2)20-27;1-21-9-13-23(14-10-21)28(3)24-17-19-27(20-18-24)29(25-7-5-4-6-8-25)26-15-11-22(2)12-16-26/h3-26H,1-2H3;2*4-20H,1-3H3. The monoisotopic (exact) mass is 1290 g/mol. The average Bonchev–Trinajstić information content (AvgIpc) is 0.718. The molecule has 0 N–H and O–H groups in total. The lowest BCUT2D eigenvalue weighted by atomic mass is 9.89. The third kappa shape index (κ3) is 13.8. The number of anilines is 15. The maximum absolute atomic E-state index is 2.31. The molecule has 0 radical (unpaired) electrons. The van der Waals surface area contributed by atoms with Crippen molar-refractivity contribution in [2.24, 2.45) is 0 Å². The minimum absolute atomic E-state index is 1.13. The van der Waals surface area contributed by atoms with Crippen molar-refractivity contribution in [3.8, 4) is 0 Å². The smallest absolute Gasteiger partial charge is 0.0488 e. The molecule has 6 heteroatoms. The van der Waals surface area contributed by atoms with Gasteiger partial charge in [0.15, 0.2) is 0 Å². The van der Waals surface area contributed by atoms with Gasteiger partial charge in [-0.15, -0.1) is 0 Å². The van der Waals surface area contributed by atoms with Crippen molar-refractivity contribution >= 4 is 128 Å². The fraction of sp³-hybridized carbons (Fsp3) is 0.0851. The van der Waals surface area contributed by atoms with Crippen LogP contribution in [0.15, 0.2) is 352 Å². The van der Waals surface area contributed by atoms with Crippen LogP contribution in [0.5, 0.6) is 0 Å². The van der Waals surface area contributed by atoms with Crippen LogP contribution < -0.4 is 29.4 Å². The van der Waals surface area contributed by atoms with E-state index < -0.39 is 0 Å². The molecular formula is C94H82N6. The van der Waals surface area contributed by atoms with E-state index in [0.717, 1.165) is 68.2 Å². The number of aryl methyl sites for hydroxylation is 5. The summed E-state index contributed by atoms with van der Waals surface area (Å²) in [4.78, 5) is 13.6. The average molecular weight is 1300 g/mol. The Morgan fingerprint density at radius 2 is 0.430 bits per heavy atom. The first kappa shape index (κ1) is 64.9. The molecule has 6 nitrogen and oxygen atoms in total. The van der Waals surface area contributed by atoms with Gasteiger partial charge >= 0.3 is 0 Å². The molecule has 0 saturated heterocycles. The molecule has 0 aliphatic heterocycles. The van der Waals surface area contributed by atoms with Gasteiger partial charge in [-0.25, -0.2) is 0 Å². The van der Waals surface area contributed by atoms with Crippen LogP contribution in [-0.2, 0) is 0 Å². The van der Waals surface area contributed by atoms with Crippen molar-refractivity contribution in [2.75, 3.05) is 50.5 Å². The SMILES string of the molecule is Cc1ccc(N(C)c2ccc(N(c3ccccc3)c3ccc(C)cc3)cc2)cc1.Cc1ccc(N(c2ccccc2)c2ccc(N(C)c3ccc4c5cccc6cccc(c7cccc3c74)c65)cc2)cc1.Cc1ccc(N(c2ccccc2)c2ccc(N(C)c3cccc(C)c3)cc2)cc1. The van der Waals surface area contributed by atoms with E-state index in [9.17, 15) is 0 Å². The number of nitrogens with zero attached hydrogens (tertiary/aromatic N) is 6. The Labute approximate surface area is 589 Å². The molecule has 16 rings (SSSR count). The van der Waals surface area contributed by atoms with Gasteiger partial charge in [0.05, 0.1) is 0 Å². The van der Waals surface area contributed by atoms with Crippen LogP contribution in [0.3, 0.4) is 0 Å². The maximum Gasteiger partial charge on any atom is 0.0488 e. The fourth-order valence-corrected chi connectivity index (χ4v) is 13.6. The number of benzene rings is 16. The first-order valence-corrected chi connectivity index (χ1v) is 34.4. The van der Waals surface area contributed by atoms with Crippen LogP contribution in [0.25, 0.3) is 43.1 Å². The van der Waals surface area contributed by atoms with Crippen LogP contribution in [0, 0.1) is 34.6 Å². The van der Waals surface area contributed by atoms with Gasteiger partial charge in [-0.2, -0.15) is 0 Å². The highest BCUT2D eigenvalue weighted by atomic mass is 15.2. The molecule has 0 aromatic heterocycles. The molecule has 100 heavy (non-hydrogen) atoms. The van der Waals surface area contributed by atoms with Crippen molar-refractivity contribution in [3.05, 3.63) is 380 Å². The lowest BCUT2D eigenvalue weighted by Crippen LogP contribution is -2.12. The highest BCUT2D eigenvalue weighted by molar-refractivity contribution is 6.34. The molecule has 0 amide bonds. The third-order valence-electron chi connectivity index (χ3n) is 19.1. The van der Waals surface area contributed by atoms with Gasteiger partial charge in [0.1, 0.15) is 0 Å². The number of hydrogen-bond donors (Lipinski definition) is 0. The van der Waals surface area contributed by atoms with Gasteiger partial charge in [0, 0.05) is 112 Å². The molecule has 0 spiro atoms. The van der Waals surface area contributed by atoms with Gasteiger partial charge in [0.25, 0.3) is 0 Å². The predicted octanol–water partition coefficient (Wildman–Crippen LogP) is 26.4. The fourth-order valence-electron chi connectivity index (χ4n) is 13.6. The van der Waals surface area contributed by atoms with E-state index in [4.69, 9.17) is 0 Å². The van der Waals surface area contributed by atoms with Crippen molar-refractivity contribution < 1.29 is 0 Å². The summed E-state index contributed by atoms with van der Waals surface area (Å²) < 4.78 is 0. The Balaban J connectivity index is 0.000000132. The van der Waals surface area contributed by atoms with Gasteiger partial charge in [-0.3, -0.25) is 0 Å². The highest BCUT2D eigenvalue weighted by Gasteiger charge is 2.20. The van der Waals surface area contributed by atoms with Crippen molar-refractivity contribution in [2.45, 2.75) is 34.6 Å². The third-order valence-corrected chi connectivity index (χ3v) is 19.1. The van der Waals surface area contributed by atoms with E-state index in [2.05, 4.69) is 437 Å². The second-order valence-corrected chi connectivity index (χ2v) is 26.0. The molecule has 0 bridgehead atoms. The van der Waals surface area contributed by atoms with Crippen molar-refractivity contribution in [1.82, 2.24) is 0 Å². The number of rotatable bonds is 15. The summed E-state index contributed by atoms with van der Waals surface area (Å²) >= 11 is 0. The molecule has 0 unspecified atom stereocenters. The number of para-hydroxylation sites is 3. The Morgan fingerprint density at radius 3 is 0.800 bits per heavy atom. The second-order valence-electron chi connectivity index (χ2n) is 26.0. The highest BCUT2D eigenvalue weighted by Crippen LogP contribution is 2.45. The molecule has 0 heterocycles. The Kier molecular flexibility index (Phi) is 18.9. The predicted molar refractivity (Wildman–Crippen MR) is 432 cm³/mol. The number of fused-ring (bicyclic) bond motifs is 2. The Bertz CT molecular complexity index is 5310. The summed E-state index contributed by atoms with van der Waals surface area (Å²) in [6.07, 6.45) is 0. The largest absolute Gasteiger partial charge is 0.345 e. The summed E-state index contributed by atoms with van der Waals surface area (Å²) in [6.45, 7) is 10.6. The zero-order valence-corrected chi connectivity index (χ0v) is 58.2. The lowest BCUT2D eigenvalue weighted by Gasteiger charge is -2.27. The van der Waals surface area contributed by atoms with E-state index in [-0.39, 0.29) is 0 Å². The molecule has 16 aromatic rings. The van der Waals surface area contributed by atoms with Crippen LogP contribution in [0.2, 0.25) is 0 Å². The van der Waals surface area contributed by atoms with Gasteiger partial charge < -0.3 is 29.4 Å². The maximum atomic E-state index is 2.31. The summed E-state index contributed by atoms with van der Waals surface area (Å²) in [5.74, 6) is 0. The van der Waals surface area contributed by atoms with Crippen molar-refractivity contribution in [1.29, 1.82) is 0 Å². The first-order valence-electron chi connectivity index (χ1n) is 34.4. The Hall–Kier alpha value is -12.4. The normalized spacial score (nSPS) is 11.0. The Morgan fingerprint density at radius 1 is 0.170 bits per heavy atom. The topological polar surface area (TPSA) is 19.4 Å². The van der Waals surface area contributed by atoms with Crippen molar-refractivity contribution in [3.63, 3.8) is 0 Å². The molecule has 0 aliphatic carbocycles. The zero-order valence-electron chi connectivity index (χ0n) is 58.2. The molecule has 0 aliphatic rings. The van der Waals surface area contributed by atoms with Gasteiger partial charge in [-0.05, 0) is 254 Å². The zero-order chi connectivity index (χ0) is 68.6. The van der Waals surface area contributed by atoms with Crippen LogP contribution >= 0.6 is 0 Å². The van der Waals surface area contributed by atoms with Gasteiger partial charge in [0.2, 0.25) is 0 Å². The summed E-state index contributed by atoms with van der Waals surface area (Å²) in [5.41, 5.74) is 23.7. The van der Waals surface area contributed by atoms with E-state index in [1.165, 1.54) is 88.0 Å². The lowest BCUT2D eigenvalue weighted by molar-refractivity contribution is 1.19. The summed E-state index contributed by atoms with van der Waals surface area (Å²) in [5, 5.41) is 10.5. The van der Waals surface area contributed by atoms with E-state index in [1.54, 1.807) is 0 Å². The molecule has 16 aromatic carbocycles. The van der Waals surface area contributed by atoms with E-state index in [0.29, 0.717) is 0 Å². The molecule has 0 atom stereocenters. The second kappa shape index (κ2) is 29.1. The molecule has 0 fully saturated rings. The molecule has 0 saturated carbocycles. The van der Waals surface area contributed by atoms with Crippen LogP contribution in [-0.4, -0.2) is 21.1 Å². The van der Waals surface area contributed by atoms with Gasteiger partial charge in [-0.1, -0.05) is 198 Å². The minimum Gasteiger partial charge on any atom is -0.345 e. The summed E-state index contributed by atoms with van der Waals surface area (Å²) in [6, 6.07) is 126. The van der Waals surface area contributed by atoms with E-state index in [1.807, 2.05) is 0 Å². The quantitative estimate of drug-likeness (QED) is 0.0747. The number of hydrogen-bond acceptors (Lipinski definition) is 6. The molecule has 488 valence electrons. The van der Waals surface area contributed by atoms with Crippen LogP contribution in [0.1, 0.15) is 27.8 Å². The molecular weight excluding hydrogens is 1210 g/mol. The summed E-state index contributed by atoms with van der Waals surface area (Å²) in [7, 11) is 6.39. The minimum atomic E-state index is 1.13. The van der Waals surface area contributed by atoms with E-state index >= 15 is 0 Å². The first-order chi connectivity index (χ1) is 48.9.